The molecule has 0 aliphatic heterocycles. The molecule has 2 rings (SSSR count). The molecule has 1 N–H and O–H groups in total. The fourth-order valence-corrected chi connectivity index (χ4v) is 4.64. The summed E-state index contributed by atoms with van der Waals surface area (Å²) in [4.78, 5) is 0.0871. The molecule has 1 atom stereocenters. The first-order valence-electron chi connectivity index (χ1n) is 9.06. The van der Waals surface area contributed by atoms with E-state index < -0.39 is 16.1 Å². The van der Waals surface area contributed by atoms with E-state index in [0.29, 0.717) is 30.4 Å². The van der Waals surface area contributed by atoms with Crippen LogP contribution in [0.4, 0.5) is 0 Å². The second-order valence-corrected chi connectivity index (χ2v) is 8.22. The highest BCUT2D eigenvalue weighted by atomic mass is 32.2. The van der Waals surface area contributed by atoms with Crippen molar-refractivity contribution in [1.82, 2.24) is 9.88 Å². The minimum absolute atomic E-state index is 0.00710. The smallest absolute Gasteiger partial charge is 0.246 e. The van der Waals surface area contributed by atoms with Crippen molar-refractivity contribution in [3.05, 3.63) is 35.2 Å². The molecule has 0 saturated heterocycles. The molecule has 0 spiro atoms. The average molecular weight is 397 g/mol. The fraction of sp³-hybridized carbons (Fsp3) is 0.526. The van der Waals surface area contributed by atoms with Gasteiger partial charge in [-0.25, -0.2) is 13.1 Å². The van der Waals surface area contributed by atoms with Crippen molar-refractivity contribution in [3.63, 3.8) is 0 Å². The molecule has 150 valence electrons. The third-order valence-electron chi connectivity index (χ3n) is 4.11. The normalized spacial score (nSPS) is 13.0. The van der Waals surface area contributed by atoms with Gasteiger partial charge in [-0.1, -0.05) is 25.1 Å². The van der Waals surface area contributed by atoms with Crippen LogP contribution in [0, 0.1) is 19.8 Å². The molecule has 0 bridgehead atoms. The third kappa shape index (κ3) is 4.81. The lowest BCUT2D eigenvalue weighted by atomic mass is 9.97. The van der Waals surface area contributed by atoms with Crippen LogP contribution in [0.5, 0.6) is 11.5 Å². The van der Waals surface area contributed by atoms with Gasteiger partial charge in [0.05, 0.1) is 13.2 Å². The summed E-state index contributed by atoms with van der Waals surface area (Å²) in [6.07, 6.45) is 0. The van der Waals surface area contributed by atoms with Gasteiger partial charge in [0.15, 0.2) is 17.3 Å². The summed E-state index contributed by atoms with van der Waals surface area (Å²) >= 11 is 0. The zero-order valence-corrected chi connectivity index (χ0v) is 17.5. The largest absolute Gasteiger partial charge is 0.490 e. The van der Waals surface area contributed by atoms with Crippen molar-refractivity contribution in [1.29, 1.82) is 0 Å². The topological polar surface area (TPSA) is 90.7 Å². The molecule has 1 heterocycles. The van der Waals surface area contributed by atoms with E-state index in [2.05, 4.69) is 9.88 Å². The lowest BCUT2D eigenvalue weighted by molar-refractivity contribution is 0.287. The molecule has 7 nitrogen and oxygen atoms in total. The molecule has 0 radical (unpaired) electrons. The maximum atomic E-state index is 12.9. The summed E-state index contributed by atoms with van der Waals surface area (Å²) in [5.41, 5.74) is 1.14. The van der Waals surface area contributed by atoms with Crippen LogP contribution in [0.25, 0.3) is 0 Å². The Bertz CT molecular complexity index is 855. The highest BCUT2D eigenvalue weighted by molar-refractivity contribution is 7.89. The van der Waals surface area contributed by atoms with E-state index in [1.54, 1.807) is 13.8 Å². The fourth-order valence-electron chi connectivity index (χ4n) is 2.93. The lowest BCUT2D eigenvalue weighted by Gasteiger charge is -2.24. The first-order chi connectivity index (χ1) is 12.7. The minimum Gasteiger partial charge on any atom is -0.490 e. The SMILES string of the molecule is CCOc1ccc(C(NS(=O)(=O)c2c(C)noc2C)C(C)C)cc1OCC. The van der Waals surface area contributed by atoms with E-state index in [1.807, 2.05) is 45.9 Å². The van der Waals surface area contributed by atoms with Crippen LogP contribution >= 0.6 is 0 Å². The quantitative estimate of drug-likeness (QED) is 0.694. The van der Waals surface area contributed by atoms with E-state index in [1.165, 1.54) is 0 Å². The standard InChI is InChI=1S/C19H28N2O5S/c1-7-24-16-10-9-15(11-17(16)25-8-2)18(12(3)4)21-27(22,23)19-13(5)20-26-14(19)6/h9-12,18,21H,7-8H2,1-6H3. The number of hydrogen-bond acceptors (Lipinski definition) is 6. The molecule has 1 unspecified atom stereocenters. The molecule has 0 fully saturated rings. The van der Waals surface area contributed by atoms with Gasteiger partial charge in [0.2, 0.25) is 10.0 Å². The molecular formula is C19H28N2O5S. The predicted octanol–water partition coefficient (Wildman–Crippen LogP) is 3.76. The van der Waals surface area contributed by atoms with E-state index in [-0.39, 0.29) is 16.6 Å². The van der Waals surface area contributed by atoms with Crippen LogP contribution < -0.4 is 14.2 Å². The Hall–Kier alpha value is -2.06. The summed E-state index contributed by atoms with van der Waals surface area (Å²) in [5, 5.41) is 3.75. The highest BCUT2D eigenvalue weighted by Crippen LogP contribution is 2.34. The predicted molar refractivity (Wildman–Crippen MR) is 103 cm³/mol. The van der Waals surface area contributed by atoms with Gasteiger partial charge in [0.1, 0.15) is 10.6 Å². The van der Waals surface area contributed by atoms with Gasteiger partial charge in [-0.15, -0.1) is 0 Å². The van der Waals surface area contributed by atoms with Crippen LogP contribution in [-0.2, 0) is 10.0 Å². The van der Waals surface area contributed by atoms with Crippen molar-refractivity contribution in [2.45, 2.75) is 52.5 Å². The van der Waals surface area contributed by atoms with Gasteiger partial charge in [0.25, 0.3) is 0 Å². The van der Waals surface area contributed by atoms with Crippen LogP contribution in [0.1, 0.15) is 50.8 Å². The Kier molecular flexibility index (Phi) is 6.89. The molecular weight excluding hydrogens is 368 g/mol. The summed E-state index contributed by atoms with van der Waals surface area (Å²) < 4.78 is 44.9. The molecule has 1 aromatic carbocycles. The van der Waals surface area contributed by atoms with Crippen molar-refractivity contribution in [2.24, 2.45) is 5.92 Å². The number of benzene rings is 1. The van der Waals surface area contributed by atoms with Crippen molar-refractivity contribution in [3.8, 4) is 11.5 Å². The summed E-state index contributed by atoms with van der Waals surface area (Å²) in [6, 6.07) is 5.05. The molecule has 1 aromatic heterocycles. The van der Waals surface area contributed by atoms with E-state index >= 15 is 0 Å². The monoisotopic (exact) mass is 396 g/mol. The Labute approximate surface area is 161 Å². The maximum Gasteiger partial charge on any atom is 0.246 e. The van der Waals surface area contributed by atoms with Crippen LogP contribution in [0.3, 0.4) is 0 Å². The zero-order chi connectivity index (χ0) is 20.2. The van der Waals surface area contributed by atoms with Crippen LogP contribution in [0.2, 0.25) is 0 Å². The average Bonchev–Trinajstić information content (AvgIpc) is 2.94. The van der Waals surface area contributed by atoms with Crippen molar-refractivity contribution >= 4 is 10.0 Å². The summed E-state index contributed by atoms with van der Waals surface area (Å²) in [6.45, 7) is 11.9. The molecule has 0 aliphatic carbocycles. The number of nitrogens with zero attached hydrogens (tertiary/aromatic N) is 1. The number of rotatable bonds is 9. The van der Waals surface area contributed by atoms with Crippen molar-refractivity contribution < 1.29 is 22.4 Å². The van der Waals surface area contributed by atoms with E-state index in [9.17, 15) is 8.42 Å². The molecule has 0 saturated carbocycles. The number of aromatic nitrogens is 1. The van der Waals surface area contributed by atoms with Gasteiger partial charge in [-0.3, -0.25) is 0 Å². The van der Waals surface area contributed by atoms with Crippen molar-refractivity contribution in [2.75, 3.05) is 13.2 Å². The first-order valence-corrected chi connectivity index (χ1v) is 10.5. The number of hydrogen-bond donors (Lipinski definition) is 1. The van der Waals surface area contributed by atoms with Gasteiger partial charge in [-0.2, -0.15) is 0 Å². The Morgan fingerprint density at radius 3 is 2.26 bits per heavy atom. The molecule has 0 amide bonds. The van der Waals surface area contributed by atoms with Gasteiger partial charge >= 0.3 is 0 Å². The number of nitrogens with one attached hydrogen (secondary N) is 1. The van der Waals surface area contributed by atoms with E-state index in [4.69, 9.17) is 14.0 Å². The second kappa shape index (κ2) is 8.75. The third-order valence-corrected chi connectivity index (χ3v) is 5.80. The Morgan fingerprint density at radius 1 is 1.11 bits per heavy atom. The van der Waals surface area contributed by atoms with E-state index in [0.717, 1.165) is 5.56 Å². The van der Waals surface area contributed by atoms with Gasteiger partial charge in [0, 0.05) is 6.04 Å². The Morgan fingerprint density at radius 2 is 1.74 bits per heavy atom. The summed E-state index contributed by atoms with van der Waals surface area (Å²) in [7, 11) is -3.79. The molecule has 0 aliphatic rings. The lowest BCUT2D eigenvalue weighted by Crippen LogP contribution is -2.32. The maximum absolute atomic E-state index is 12.9. The number of sulfonamides is 1. The highest BCUT2D eigenvalue weighted by Gasteiger charge is 2.29. The summed E-state index contributed by atoms with van der Waals surface area (Å²) in [5.74, 6) is 1.51. The Balaban J connectivity index is 2.42. The van der Waals surface area contributed by atoms with Gasteiger partial charge in [-0.05, 0) is 51.3 Å². The minimum atomic E-state index is -3.79. The molecule has 8 heteroatoms. The van der Waals surface area contributed by atoms with Gasteiger partial charge < -0.3 is 14.0 Å². The molecule has 2 aromatic rings. The molecule has 27 heavy (non-hydrogen) atoms. The van der Waals surface area contributed by atoms with Crippen LogP contribution in [-0.4, -0.2) is 26.8 Å². The number of aryl methyl sites for hydroxylation is 2. The zero-order valence-electron chi connectivity index (χ0n) is 16.7. The first kappa shape index (κ1) is 21.2. The van der Waals surface area contributed by atoms with Crippen LogP contribution in [0.15, 0.2) is 27.6 Å². The second-order valence-electron chi connectivity index (χ2n) is 6.57. The number of ether oxygens (including phenoxy) is 2.